The molecule has 0 aliphatic carbocycles. The summed E-state index contributed by atoms with van der Waals surface area (Å²) in [6.45, 7) is 5.02. The minimum absolute atomic E-state index is 0.237. The van der Waals surface area contributed by atoms with E-state index in [1.165, 1.54) is 0 Å². The number of rotatable bonds is 2. The van der Waals surface area contributed by atoms with E-state index in [-0.39, 0.29) is 5.91 Å². The van der Waals surface area contributed by atoms with Crippen LogP contribution in [0.1, 0.15) is 12.8 Å². The summed E-state index contributed by atoms with van der Waals surface area (Å²) in [6, 6.07) is 4.24. The van der Waals surface area contributed by atoms with E-state index in [1.807, 2.05) is 17.0 Å². The molecule has 1 amide bonds. The number of carbonyl (C=O) groups is 1. The summed E-state index contributed by atoms with van der Waals surface area (Å²) in [5.74, 6) is 0.237. The van der Waals surface area contributed by atoms with Crippen molar-refractivity contribution < 1.29 is 4.79 Å². The molecule has 5 nitrogen and oxygen atoms in total. The van der Waals surface area contributed by atoms with Crippen LogP contribution in [0.25, 0.3) is 0 Å². The zero-order valence-corrected chi connectivity index (χ0v) is 11.1. The fraction of sp³-hybridized carbons (Fsp3) is 0.571. The smallest absolute Gasteiger partial charge is 0.228 e. The normalized spacial score (nSPS) is 25.6. The molecule has 19 heavy (non-hydrogen) atoms. The molecule has 3 rings (SSSR count). The van der Waals surface area contributed by atoms with Crippen LogP contribution in [0.2, 0.25) is 0 Å². The van der Waals surface area contributed by atoms with Crippen LogP contribution in [0.4, 0.5) is 5.69 Å². The summed E-state index contributed by atoms with van der Waals surface area (Å²) >= 11 is 0. The molecule has 2 fully saturated rings. The predicted molar refractivity (Wildman–Crippen MR) is 74.1 cm³/mol. The predicted octanol–water partition coefficient (Wildman–Crippen LogP) is 0.482. The summed E-state index contributed by atoms with van der Waals surface area (Å²) in [5.41, 5.74) is 0.971. The van der Waals surface area contributed by atoms with Crippen LogP contribution < -0.4 is 10.2 Å². The average Bonchev–Trinajstić information content (AvgIpc) is 2.49. The molecule has 2 saturated heterocycles. The molecule has 1 aromatic rings. The number of nitrogens with one attached hydrogen (secondary N) is 1. The number of pyridine rings is 1. The quantitative estimate of drug-likeness (QED) is 0.840. The molecule has 3 heterocycles. The number of carbonyl (C=O) groups excluding carboxylic acids is 1. The third-order valence-electron chi connectivity index (χ3n) is 4.04. The number of aromatic nitrogens is 1. The molecule has 0 aromatic carbocycles. The van der Waals surface area contributed by atoms with Crippen molar-refractivity contribution in [3.05, 3.63) is 24.5 Å². The number of anilines is 1. The van der Waals surface area contributed by atoms with Gasteiger partial charge in [-0.3, -0.25) is 14.7 Å². The van der Waals surface area contributed by atoms with Gasteiger partial charge in [-0.25, -0.2) is 0 Å². The highest BCUT2D eigenvalue weighted by Gasteiger charge is 2.30. The molecule has 2 aliphatic rings. The first-order chi connectivity index (χ1) is 9.34. The van der Waals surface area contributed by atoms with Crippen molar-refractivity contribution in [1.82, 2.24) is 15.2 Å². The van der Waals surface area contributed by atoms with E-state index in [2.05, 4.69) is 15.2 Å². The van der Waals surface area contributed by atoms with E-state index in [0.29, 0.717) is 12.5 Å². The van der Waals surface area contributed by atoms with Gasteiger partial charge in [0.1, 0.15) is 0 Å². The van der Waals surface area contributed by atoms with Crippen LogP contribution >= 0.6 is 0 Å². The van der Waals surface area contributed by atoms with Crippen LogP contribution in [-0.4, -0.2) is 54.6 Å². The molecule has 1 unspecified atom stereocenters. The van der Waals surface area contributed by atoms with E-state index < -0.39 is 0 Å². The van der Waals surface area contributed by atoms with E-state index in [9.17, 15) is 4.79 Å². The van der Waals surface area contributed by atoms with E-state index >= 15 is 0 Å². The molecular formula is C14H20N4O. The molecule has 0 bridgehead atoms. The fourth-order valence-corrected chi connectivity index (χ4v) is 2.97. The van der Waals surface area contributed by atoms with E-state index in [0.717, 1.165) is 44.8 Å². The van der Waals surface area contributed by atoms with Gasteiger partial charge in [0, 0.05) is 63.3 Å². The lowest BCUT2D eigenvalue weighted by Gasteiger charge is -2.39. The Kier molecular flexibility index (Phi) is 3.75. The van der Waals surface area contributed by atoms with Crippen molar-refractivity contribution in [3.8, 4) is 0 Å². The molecule has 1 N–H and O–H groups in total. The molecule has 2 aliphatic heterocycles. The van der Waals surface area contributed by atoms with Gasteiger partial charge < -0.3 is 10.2 Å². The number of amides is 1. The Balaban J connectivity index is 1.64. The molecule has 1 aromatic heterocycles. The van der Waals surface area contributed by atoms with Gasteiger partial charge in [-0.2, -0.15) is 0 Å². The summed E-state index contributed by atoms with van der Waals surface area (Å²) < 4.78 is 0. The Morgan fingerprint density at radius 3 is 2.58 bits per heavy atom. The highest BCUT2D eigenvalue weighted by atomic mass is 16.2. The summed E-state index contributed by atoms with van der Waals surface area (Å²) in [5, 5.41) is 3.36. The minimum atomic E-state index is 0.237. The maximum Gasteiger partial charge on any atom is 0.228 e. The second-order valence-electron chi connectivity index (χ2n) is 5.18. The summed E-state index contributed by atoms with van der Waals surface area (Å²) in [6.07, 6.45) is 5.19. The van der Waals surface area contributed by atoms with Crippen molar-refractivity contribution >= 4 is 11.6 Å². The number of nitrogens with zero attached hydrogens (tertiary/aromatic N) is 3. The van der Waals surface area contributed by atoms with Crippen LogP contribution in [0.15, 0.2) is 24.5 Å². The highest BCUT2D eigenvalue weighted by molar-refractivity contribution is 5.94. The largest absolute Gasteiger partial charge is 0.314 e. The minimum Gasteiger partial charge on any atom is -0.314 e. The average molecular weight is 260 g/mol. The fourth-order valence-electron chi connectivity index (χ4n) is 2.97. The van der Waals surface area contributed by atoms with Crippen molar-refractivity contribution in [3.63, 3.8) is 0 Å². The van der Waals surface area contributed by atoms with Crippen molar-refractivity contribution in [2.45, 2.75) is 18.9 Å². The molecule has 5 heteroatoms. The number of hydrogen-bond donors (Lipinski definition) is 1. The Bertz CT molecular complexity index is 430. The maximum absolute atomic E-state index is 12.3. The zero-order chi connectivity index (χ0) is 13.1. The molecule has 0 spiro atoms. The van der Waals surface area contributed by atoms with Gasteiger partial charge in [-0.15, -0.1) is 0 Å². The lowest BCUT2D eigenvalue weighted by Crippen LogP contribution is -2.53. The lowest BCUT2D eigenvalue weighted by molar-refractivity contribution is -0.121. The van der Waals surface area contributed by atoms with Crippen molar-refractivity contribution in [1.29, 1.82) is 0 Å². The first-order valence-corrected chi connectivity index (χ1v) is 7.00. The van der Waals surface area contributed by atoms with Crippen LogP contribution in [0, 0.1) is 0 Å². The summed E-state index contributed by atoms with van der Waals surface area (Å²) in [7, 11) is 0. The first-order valence-electron chi connectivity index (χ1n) is 7.00. The topological polar surface area (TPSA) is 48.5 Å². The van der Waals surface area contributed by atoms with Gasteiger partial charge >= 0.3 is 0 Å². The van der Waals surface area contributed by atoms with Crippen LogP contribution in [0.5, 0.6) is 0 Å². The molecule has 0 saturated carbocycles. The first kappa shape index (κ1) is 12.6. The SMILES string of the molecule is O=C1CC(N2CCNCC2)CCN1c1ccncc1. The van der Waals surface area contributed by atoms with Crippen molar-refractivity contribution in [2.24, 2.45) is 0 Å². The van der Waals surface area contributed by atoms with Crippen LogP contribution in [-0.2, 0) is 4.79 Å². The second kappa shape index (κ2) is 5.67. The molecule has 0 radical (unpaired) electrons. The standard InChI is InChI=1S/C14H20N4O/c19-14-11-13(17-9-6-16-7-10-17)3-8-18(14)12-1-4-15-5-2-12/h1-2,4-5,13,16H,3,6-11H2. The Morgan fingerprint density at radius 2 is 1.89 bits per heavy atom. The number of piperidine rings is 1. The van der Waals surface area contributed by atoms with Gasteiger partial charge in [0.05, 0.1) is 0 Å². The second-order valence-corrected chi connectivity index (χ2v) is 5.18. The molecule has 102 valence electrons. The third kappa shape index (κ3) is 2.77. The number of piperazine rings is 1. The highest BCUT2D eigenvalue weighted by Crippen LogP contribution is 2.23. The van der Waals surface area contributed by atoms with Crippen LogP contribution in [0.3, 0.4) is 0 Å². The third-order valence-corrected chi connectivity index (χ3v) is 4.04. The van der Waals surface area contributed by atoms with Gasteiger partial charge in [0.25, 0.3) is 0 Å². The molecular weight excluding hydrogens is 240 g/mol. The van der Waals surface area contributed by atoms with Gasteiger partial charge in [0.15, 0.2) is 0 Å². The number of hydrogen-bond acceptors (Lipinski definition) is 4. The van der Waals surface area contributed by atoms with Gasteiger partial charge in [-0.05, 0) is 18.6 Å². The van der Waals surface area contributed by atoms with Gasteiger partial charge in [0.2, 0.25) is 5.91 Å². The Labute approximate surface area is 113 Å². The van der Waals surface area contributed by atoms with E-state index in [1.54, 1.807) is 12.4 Å². The van der Waals surface area contributed by atoms with Gasteiger partial charge in [-0.1, -0.05) is 0 Å². The monoisotopic (exact) mass is 260 g/mol. The maximum atomic E-state index is 12.3. The van der Waals surface area contributed by atoms with E-state index in [4.69, 9.17) is 0 Å². The summed E-state index contributed by atoms with van der Waals surface area (Å²) in [4.78, 5) is 20.7. The Hall–Kier alpha value is -1.46. The Morgan fingerprint density at radius 1 is 1.16 bits per heavy atom. The molecule has 1 atom stereocenters. The zero-order valence-electron chi connectivity index (χ0n) is 11.1. The van der Waals surface area contributed by atoms with Crippen molar-refractivity contribution in [2.75, 3.05) is 37.6 Å². The lowest BCUT2D eigenvalue weighted by atomic mass is 10.0.